The molecule has 40 nitrogen and oxygen atoms in total. The van der Waals surface area contributed by atoms with Crippen molar-refractivity contribution in [2.45, 2.75) is 175 Å². The zero-order valence-corrected chi connectivity index (χ0v) is 68.7. The van der Waals surface area contributed by atoms with Crippen molar-refractivity contribution < 1.29 is 91.6 Å². The summed E-state index contributed by atoms with van der Waals surface area (Å²) in [7, 11) is 4.52. The molecule has 3 aromatic heterocycles. The van der Waals surface area contributed by atoms with Gasteiger partial charge in [0.25, 0.3) is 17.4 Å². The Labute approximate surface area is 682 Å². The number of hydrogen-bond donors (Lipinski definition) is 16. The van der Waals surface area contributed by atoms with Gasteiger partial charge in [-0.25, -0.2) is 25.2 Å². The predicted molar refractivity (Wildman–Crippen MR) is 429 cm³/mol. The Balaban J connectivity index is 0.923. The molecule has 0 spiro atoms. The first-order chi connectivity index (χ1) is 55.2. The van der Waals surface area contributed by atoms with Gasteiger partial charge in [-0.2, -0.15) is 4.98 Å². The second kappa shape index (κ2) is 50.5. The van der Waals surface area contributed by atoms with Crippen LogP contribution in [0, 0.1) is 23.7 Å². The number of likely N-dealkylation sites (N-methyl/N-ethyl adjacent to an activating group) is 1. The molecule has 43 heteroatoms. The number of thiazole rings is 1. The fourth-order valence-corrected chi connectivity index (χ4v) is 14.0. The number of fused-ring (bicyclic) bond motifs is 1. The molecule has 0 saturated carbocycles. The van der Waals surface area contributed by atoms with E-state index in [4.69, 9.17) is 15.2 Å². The number of carboxylic acid groups (broad SMARTS) is 2. The Kier molecular flexibility index (Phi) is 41.7. The summed E-state index contributed by atoms with van der Waals surface area (Å²) in [6.07, 6.45) is 2.83. The standard InChI is InChI=1S/C73H108N20O20S3/c1-9-43(6)61(87-69(108)52-13-10-11-29-92(52)8)71(110)93(40-113-60(102)33-41(2)3)51(42(4)5)21-22-57-86-50(39-114-57)68(107)77-27-25-44(7)64(103)90-91-73(111)112-30-32-116-115-31-28-75-54(95)36-81-66(105)48(19-23-58(98)99)85-56(97)38-82-67(106)49(20-24-59(100)101)84-55(96)37-79-53(94)14-12-26-76-65(104)45-15-17-46(18-16-45)78-34-47-35-80-63-62(83-47)70(109)89-72(74)88-63/h15-18,35,39,41-44,48-49,51-52,61,78H,9-14,19-34,36-38,40H2,1-8H3,(H,75,95)(H,76,104)(H,77,107)(H,79,94)(H,81,105)(H,82,106)(H,84,96)(H,85,97)(H,87,108)(H,90,103)(H,91,111)(H,98,99)(H,100,101)(H3,74,80,88,89,109). The quantitative estimate of drug-likeness (QED) is 0.00963. The molecule has 1 saturated heterocycles. The Morgan fingerprint density at radius 2 is 1.34 bits per heavy atom. The third kappa shape index (κ3) is 35.1. The number of carbonyl (C=O) groups excluding carboxylic acids is 13. The number of likely N-dealkylation sites (tertiary alicyclic amines) is 1. The number of nitrogens with one attached hydrogen (secondary N) is 13. The van der Waals surface area contributed by atoms with Crippen LogP contribution in [0.4, 0.5) is 16.4 Å². The van der Waals surface area contributed by atoms with E-state index < -0.39 is 158 Å². The number of rotatable bonds is 50. The molecule has 4 heterocycles. The number of anilines is 2. The van der Waals surface area contributed by atoms with Crippen molar-refractivity contribution >= 4 is 145 Å². The van der Waals surface area contributed by atoms with Crippen LogP contribution >= 0.6 is 32.9 Å². The van der Waals surface area contributed by atoms with E-state index in [2.05, 4.69) is 88.9 Å². The minimum Gasteiger partial charge on any atom is -0.481 e. The van der Waals surface area contributed by atoms with Gasteiger partial charge >= 0.3 is 24.0 Å². The highest BCUT2D eigenvalue weighted by Crippen LogP contribution is 2.25. The lowest BCUT2D eigenvalue weighted by atomic mass is 9.93. The number of ether oxygens (including phenoxy) is 2. The number of piperidine rings is 1. The number of esters is 1. The summed E-state index contributed by atoms with van der Waals surface area (Å²) < 4.78 is 10.8. The molecule has 5 rings (SSSR count). The fourth-order valence-electron chi connectivity index (χ4n) is 11.5. The number of aromatic nitrogens is 5. The Hall–Kier alpha value is -10.8. The molecule has 638 valence electrons. The molecule has 7 atom stereocenters. The minimum atomic E-state index is -1.52. The van der Waals surface area contributed by atoms with Crippen LogP contribution in [0.3, 0.4) is 0 Å². The number of aryl methyl sites for hydroxylation is 1. The molecule has 1 aromatic carbocycles. The average molecular weight is 1680 g/mol. The number of aliphatic carboxylic acids is 2. The predicted octanol–water partition coefficient (Wildman–Crippen LogP) is 0.981. The van der Waals surface area contributed by atoms with Crippen LogP contribution in [-0.4, -0.2) is 242 Å². The molecule has 116 heavy (non-hydrogen) atoms. The molecule has 17 N–H and O–H groups in total. The first-order valence-electron chi connectivity index (χ1n) is 38.1. The smallest absolute Gasteiger partial charge is 0.426 e. The highest BCUT2D eigenvalue weighted by molar-refractivity contribution is 8.76. The van der Waals surface area contributed by atoms with E-state index in [-0.39, 0.29) is 124 Å². The number of hydrazine groups is 1. The van der Waals surface area contributed by atoms with Crippen molar-refractivity contribution in [2.75, 3.05) is 88.8 Å². The number of carboxylic acids is 2. The second-order valence-electron chi connectivity index (χ2n) is 28.2. The van der Waals surface area contributed by atoms with E-state index in [1.807, 2.05) is 53.5 Å². The molecule has 0 radical (unpaired) electrons. The zero-order chi connectivity index (χ0) is 85.4. The number of hydrogen-bond acceptors (Lipinski definition) is 28. The molecule has 12 amide bonds. The molecule has 1 fully saturated rings. The lowest BCUT2D eigenvalue weighted by Gasteiger charge is -2.39. The van der Waals surface area contributed by atoms with Gasteiger partial charge in [-0.05, 0) is 101 Å². The normalized spacial score (nSPS) is 14.2. The van der Waals surface area contributed by atoms with Crippen LogP contribution in [0.5, 0.6) is 0 Å². The monoisotopic (exact) mass is 1680 g/mol. The van der Waals surface area contributed by atoms with Crippen molar-refractivity contribution in [2.24, 2.45) is 23.7 Å². The first-order valence-corrected chi connectivity index (χ1v) is 41.5. The number of nitrogens with zero attached hydrogens (tertiary/aromatic N) is 6. The van der Waals surface area contributed by atoms with Crippen LogP contribution in [0.15, 0.2) is 40.6 Å². The zero-order valence-electron chi connectivity index (χ0n) is 66.3. The summed E-state index contributed by atoms with van der Waals surface area (Å²) >= 11 is 1.27. The highest BCUT2D eigenvalue weighted by atomic mass is 33.1. The van der Waals surface area contributed by atoms with Crippen LogP contribution in [0.1, 0.15) is 163 Å². The van der Waals surface area contributed by atoms with Crippen molar-refractivity contribution in [3.05, 3.63) is 68.2 Å². The molecule has 0 bridgehead atoms. The topological polar surface area (TPSA) is 576 Å². The first kappa shape index (κ1) is 95.8. The van der Waals surface area contributed by atoms with Crippen molar-refractivity contribution in [1.29, 1.82) is 0 Å². The number of nitrogens with two attached hydrogens (primary N) is 1. The Morgan fingerprint density at radius 1 is 0.698 bits per heavy atom. The van der Waals surface area contributed by atoms with Gasteiger partial charge < -0.3 is 83.5 Å². The van der Waals surface area contributed by atoms with Crippen LogP contribution < -0.4 is 75.3 Å². The maximum absolute atomic E-state index is 14.7. The maximum Gasteiger partial charge on any atom is 0.426 e. The lowest BCUT2D eigenvalue weighted by molar-refractivity contribution is -0.159. The number of aromatic amines is 1. The number of benzene rings is 1. The van der Waals surface area contributed by atoms with Gasteiger partial charge in [-0.15, -0.1) is 11.3 Å². The van der Waals surface area contributed by atoms with E-state index in [9.17, 15) is 86.9 Å². The van der Waals surface area contributed by atoms with Crippen LogP contribution in [0.25, 0.3) is 11.2 Å². The van der Waals surface area contributed by atoms with Crippen LogP contribution in [0.2, 0.25) is 0 Å². The van der Waals surface area contributed by atoms with Crippen LogP contribution in [-0.2, 0) is 80.0 Å². The number of amides is 12. The van der Waals surface area contributed by atoms with Gasteiger partial charge in [0.05, 0.1) is 49.1 Å². The largest absolute Gasteiger partial charge is 0.481 e. The molecule has 0 aliphatic carbocycles. The third-order valence-corrected chi connectivity index (χ3v) is 21.4. The van der Waals surface area contributed by atoms with Crippen molar-refractivity contribution in [3.8, 4) is 0 Å². The number of nitrogen functional groups attached to an aromatic ring is 1. The van der Waals surface area contributed by atoms with Gasteiger partial charge in [-0.3, -0.25) is 87.2 Å². The van der Waals surface area contributed by atoms with E-state index in [0.717, 1.165) is 19.4 Å². The molecular formula is C73H108N20O20S3. The summed E-state index contributed by atoms with van der Waals surface area (Å²) in [4.78, 5) is 228. The molecule has 7 unspecified atom stereocenters. The average Bonchev–Trinajstić information content (AvgIpc) is 0.882. The SMILES string of the molecule is CCC(C)C(NC(=O)C1CCCCN1C)C(=O)N(COC(=O)CC(C)C)C(CCc1nc(C(=O)NCCC(C)C(=O)NNC(=O)OCCSSCCNC(=O)CNC(=O)C(CCC(=O)O)NC(=O)CNC(=O)C(CCC(=O)O)NC(=O)CNC(=O)CCCNC(=O)c2ccc(NCc3cnc4nc(N)[nH]c(=O)c4n3)cc2)cs1)C(C)C. The van der Waals surface area contributed by atoms with Gasteiger partial charge in [0, 0.05) is 91.8 Å². The summed E-state index contributed by atoms with van der Waals surface area (Å²) in [5.74, 6) is -10.5. The molecule has 4 aromatic rings. The highest BCUT2D eigenvalue weighted by Gasteiger charge is 2.38. The lowest BCUT2D eigenvalue weighted by Crippen LogP contribution is -2.59. The van der Waals surface area contributed by atoms with E-state index in [1.54, 1.807) is 41.5 Å². The summed E-state index contributed by atoms with van der Waals surface area (Å²) in [5.41, 5.74) is 11.2. The van der Waals surface area contributed by atoms with Gasteiger partial charge in [0.15, 0.2) is 17.9 Å². The van der Waals surface area contributed by atoms with Crippen molar-refractivity contribution in [1.82, 2.24) is 93.4 Å². The third-order valence-electron chi connectivity index (χ3n) is 18.1. The maximum atomic E-state index is 14.7. The summed E-state index contributed by atoms with van der Waals surface area (Å²) in [6, 6.07) is 1.75. The van der Waals surface area contributed by atoms with Gasteiger partial charge in [0.2, 0.25) is 59.1 Å². The number of carbonyl (C=O) groups is 15. The Bertz CT molecular complexity index is 4080. The Morgan fingerprint density at radius 3 is 1.98 bits per heavy atom. The van der Waals surface area contributed by atoms with E-state index in [0.29, 0.717) is 59.1 Å². The molecule has 1 aliphatic rings. The molecule has 1 aliphatic heterocycles. The van der Waals surface area contributed by atoms with Crippen molar-refractivity contribution in [3.63, 3.8) is 0 Å². The van der Waals surface area contributed by atoms with E-state index >= 15 is 0 Å². The second-order valence-corrected chi connectivity index (χ2v) is 31.8. The molecular weight excluding hydrogens is 1570 g/mol. The fraction of sp³-hybridized carbons (Fsp3) is 0.589. The minimum absolute atomic E-state index is 0.0238. The summed E-state index contributed by atoms with van der Waals surface area (Å²) in [6.45, 7) is 12.1. The summed E-state index contributed by atoms with van der Waals surface area (Å²) in [5, 5.41) is 46.6. The van der Waals surface area contributed by atoms with Gasteiger partial charge in [0.1, 0.15) is 30.4 Å². The van der Waals surface area contributed by atoms with Gasteiger partial charge in [-0.1, -0.05) is 82.9 Å². The van der Waals surface area contributed by atoms with E-state index in [1.165, 1.54) is 39.1 Å². The number of H-pyrrole nitrogens is 1.